The van der Waals surface area contributed by atoms with E-state index in [1.54, 1.807) is 54.8 Å². The largest absolute Gasteiger partial charge is 0.495 e. The van der Waals surface area contributed by atoms with Gasteiger partial charge in [0.15, 0.2) is 0 Å². The van der Waals surface area contributed by atoms with Crippen molar-refractivity contribution >= 4 is 56.5 Å². The van der Waals surface area contributed by atoms with E-state index in [0.717, 1.165) is 21.7 Å². The monoisotopic (exact) mass is 478 g/mol. The van der Waals surface area contributed by atoms with Gasteiger partial charge in [0.1, 0.15) is 21.9 Å². The van der Waals surface area contributed by atoms with Crippen molar-refractivity contribution in [3.05, 3.63) is 71.4 Å². The van der Waals surface area contributed by atoms with Gasteiger partial charge in [0.05, 0.1) is 18.6 Å². The lowest BCUT2D eigenvalue weighted by Gasteiger charge is -2.10. The Bertz CT molecular complexity index is 1290. The van der Waals surface area contributed by atoms with Gasteiger partial charge in [-0.1, -0.05) is 30.8 Å². The topological polar surface area (TPSA) is 93.2 Å². The van der Waals surface area contributed by atoms with Crippen LogP contribution in [0.3, 0.4) is 0 Å². The van der Waals surface area contributed by atoms with Crippen molar-refractivity contribution < 1.29 is 14.3 Å². The summed E-state index contributed by atoms with van der Waals surface area (Å²) >= 11 is 3.03. The normalized spacial score (nSPS) is 10.7. The minimum Gasteiger partial charge on any atom is -0.495 e. The molecule has 33 heavy (non-hydrogen) atoms. The van der Waals surface area contributed by atoms with Crippen LogP contribution in [0.4, 0.5) is 11.4 Å². The van der Waals surface area contributed by atoms with Gasteiger partial charge in [0.25, 0.3) is 5.91 Å². The molecule has 0 fully saturated rings. The van der Waals surface area contributed by atoms with Gasteiger partial charge in [-0.2, -0.15) is 0 Å². The Morgan fingerprint density at radius 1 is 1.06 bits per heavy atom. The maximum absolute atomic E-state index is 12.5. The average molecular weight is 479 g/mol. The number of rotatable bonds is 8. The van der Waals surface area contributed by atoms with Crippen molar-refractivity contribution in [2.45, 2.75) is 18.4 Å². The van der Waals surface area contributed by atoms with Gasteiger partial charge in [0.2, 0.25) is 5.91 Å². The summed E-state index contributed by atoms with van der Waals surface area (Å²) in [6, 6.07) is 16.0. The van der Waals surface area contributed by atoms with E-state index in [0.29, 0.717) is 22.7 Å². The van der Waals surface area contributed by atoms with E-state index in [1.807, 2.05) is 12.1 Å². The number of ether oxygens (including phenoxy) is 1. The maximum Gasteiger partial charge on any atom is 0.255 e. The number of nitrogens with zero attached hydrogens (tertiary/aromatic N) is 2. The second-order valence-electron chi connectivity index (χ2n) is 7.03. The molecule has 0 saturated carbocycles. The second-order valence-corrected chi connectivity index (χ2v) is 9.11. The van der Waals surface area contributed by atoms with Gasteiger partial charge >= 0.3 is 0 Å². The molecule has 9 heteroatoms. The number of anilines is 2. The minimum absolute atomic E-state index is 0.149. The minimum atomic E-state index is -0.261. The molecular weight excluding hydrogens is 456 g/mol. The standard InChI is InChI=1S/C24H22N4O3S2/c1-3-17-12-18-23(25-14-26-24(18)33-17)32-13-21(29)27-16-10-8-15(9-11-16)22(30)28-19-6-4-5-7-20(19)31-2/h4-12,14H,3,13H2,1-2H3,(H,27,29)(H,28,30). The first-order valence-corrected chi connectivity index (χ1v) is 12.1. The van der Waals surface area contributed by atoms with Crippen LogP contribution in [0.5, 0.6) is 5.75 Å². The van der Waals surface area contributed by atoms with Crippen LogP contribution < -0.4 is 15.4 Å². The number of amides is 2. The van der Waals surface area contributed by atoms with Crippen LogP contribution in [-0.2, 0) is 11.2 Å². The average Bonchev–Trinajstić information content (AvgIpc) is 3.27. The SMILES string of the molecule is CCc1cc2c(SCC(=O)Nc3ccc(C(=O)Nc4ccccc4OC)cc3)ncnc2s1. The Hall–Kier alpha value is -3.43. The van der Waals surface area contributed by atoms with Crippen LogP contribution >= 0.6 is 23.1 Å². The zero-order valence-electron chi connectivity index (χ0n) is 18.1. The number of hydrogen-bond acceptors (Lipinski definition) is 7. The summed E-state index contributed by atoms with van der Waals surface area (Å²) in [5.41, 5.74) is 1.68. The molecule has 2 amide bonds. The molecule has 0 aliphatic heterocycles. The number of para-hydroxylation sites is 2. The van der Waals surface area contributed by atoms with E-state index < -0.39 is 0 Å². The van der Waals surface area contributed by atoms with Gasteiger partial charge < -0.3 is 15.4 Å². The quantitative estimate of drug-likeness (QED) is 0.266. The lowest BCUT2D eigenvalue weighted by Crippen LogP contribution is -2.15. The third-order valence-electron chi connectivity index (χ3n) is 4.82. The molecule has 0 saturated heterocycles. The number of aromatic nitrogens is 2. The van der Waals surface area contributed by atoms with Crippen molar-refractivity contribution in [2.75, 3.05) is 23.5 Å². The van der Waals surface area contributed by atoms with Gasteiger partial charge in [-0.25, -0.2) is 9.97 Å². The molecule has 0 atom stereocenters. The number of aryl methyl sites for hydroxylation is 1. The van der Waals surface area contributed by atoms with Gasteiger partial charge in [-0.05, 0) is 48.9 Å². The van der Waals surface area contributed by atoms with Crippen LogP contribution in [0.2, 0.25) is 0 Å². The van der Waals surface area contributed by atoms with Crippen LogP contribution in [0.15, 0.2) is 66.0 Å². The van der Waals surface area contributed by atoms with E-state index >= 15 is 0 Å². The third kappa shape index (κ3) is 5.50. The number of fused-ring (bicyclic) bond motifs is 1. The molecule has 4 aromatic rings. The van der Waals surface area contributed by atoms with Gasteiger partial charge in [-0.3, -0.25) is 9.59 Å². The number of thioether (sulfide) groups is 1. The number of hydrogen-bond donors (Lipinski definition) is 2. The summed E-state index contributed by atoms with van der Waals surface area (Å²) in [6.45, 7) is 2.10. The number of methoxy groups -OCH3 is 1. The first-order valence-electron chi connectivity index (χ1n) is 10.3. The Labute approximate surface area is 199 Å². The van der Waals surface area contributed by atoms with Crippen molar-refractivity contribution in [1.29, 1.82) is 0 Å². The smallest absolute Gasteiger partial charge is 0.255 e. The lowest BCUT2D eigenvalue weighted by molar-refractivity contribution is -0.113. The molecule has 2 aromatic carbocycles. The fourth-order valence-corrected chi connectivity index (χ4v) is 4.92. The van der Waals surface area contributed by atoms with E-state index in [-0.39, 0.29) is 17.6 Å². The predicted molar refractivity (Wildman–Crippen MR) is 134 cm³/mol. The zero-order valence-corrected chi connectivity index (χ0v) is 19.8. The summed E-state index contributed by atoms with van der Waals surface area (Å²) in [5.74, 6) is 0.396. The van der Waals surface area contributed by atoms with Crippen LogP contribution in [-0.4, -0.2) is 34.6 Å². The summed E-state index contributed by atoms with van der Waals surface area (Å²) in [5, 5.41) is 7.48. The molecule has 4 rings (SSSR count). The Morgan fingerprint density at radius 2 is 1.85 bits per heavy atom. The number of benzene rings is 2. The summed E-state index contributed by atoms with van der Waals surface area (Å²) in [7, 11) is 1.55. The second kappa shape index (κ2) is 10.5. The molecule has 2 N–H and O–H groups in total. The predicted octanol–water partition coefficient (Wildman–Crippen LogP) is 5.25. The maximum atomic E-state index is 12.5. The Balaban J connectivity index is 1.34. The number of nitrogens with one attached hydrogen (secondary N) is 2. The summed E-state index contributed by atoms with van der Waals surface area (Å²) < 4.78 is 5.26. The molecule has 0 aliphatic carbocycles. The number of carbonyl (C=O) groups excluding carboxylic acids is 2. The number of carbonyl (C=O) groups is 2. The molecule has 0 unspecified atom stereocenters. The molecule has 2 aromatic heterocycles. The Morgan fingerprint density at radius 3 is 2.61 bits per heavy atom. The Kier molecular flexibility index (Phi) is 7.21. The van der Waals surface area contributed by atoms with Crippen molar-refractivity contribution in [3.8, 4) is 5.75 Å². The van der Waals surface area contributed by atoms with Gasteiger partial charge in [-0.15, -0.1) is 11.3 Å². The van der Waals surface area contributed by atoms with E-state index in [4.69, 9.17) is 4.74 Å². The third-order valence-corrected chi connectivity index (χ3v) is 7.01. The highest BCUT2D eigenvalue weighted by Crippen LogP contribution is 2.31. The molecule has 2 heterocycles. The van der Waals surface area contributed by atoms with E-state index in [2.05, 4.69) is 33.6 Å². The van der Waals surface area contributed by atoms with Gasteiger partial charge in [0, 0.05) is 21.5 Å². The molecule has 0 aliphatic rings. The fourth-order valence-electron chi connectivity index (χ4n) is 3.15. The molecular formula is C24H22N4O3S2. The first kappa shape index (κ1) is 22.8. The van der Waals surface area contributed by atoms with E-state index in [1.165, 1.54) is 23.0 Å². The highest BCUT2D eigenvalue weighted by Gasteiger charge is 2.12. The summed E-state index contributed by atoms with van der Waals surface area (Å²) in [6.07, 6.45) is 2.48. The highest BCUT2D eigenvalue weighted by molar-refractivity contribution is 8.00. The number of thiophene rings is 1. The van der Waals surface area contributed by atoms with Crippen LogP contribution in [0.1, 0.15) is 22.2 Å². The highest BCUT2D eigenvalue weighted by atomic mass is 32.2. The van der Waals surface area contributed by atoms with Crippen LogP contribution in [0.25, 0.3) is 10.2 Å². The molecule has 7 nitrogen and oxygen atoms in total. The van der Waals surface area contributed by atoms with E-state index in [9.17, 15) is 9.59 Å². The van der Waals surface area contributed by atoms with Crippen molar-refractivity contribution in [1.82, 2.24) is 9.97 Å². The molecule has 0 radical (unpaired) electrons. The van der Waals surface area contributed by atoms with Crippen molar-refractivity contribution in [2.24, 2.45) is 0 Å². The summed E-state index contributed by atoms with van der Waals surface area (Å²) in [4.78, 5) is 35.8. The fraction of sp³-hybridized carbons (Fsp3) is 0.167. The molecule has 0 bridgehead atoms. The molecule has 168 valence electrons. The lowest BCUT2D eigenvalue weighted by atomic mass is 10.2. The van der Waals surface area contributed by atoms with Crippen molar-refractivity contribution in [3.63, 3.8) is 0 Å². The molecule has 0 spiro atoms. The first-order chi connectivity index (χ1) is 16.1. The van der Waals surface area contributed by atoms with Crippen LogP contribution in [0, 0.1) is 0 Å². The zero-order chi connectivity index (χ0) is 23.2.